The first kappa shape index (κ1) is 12.6. The monoisotopic (exact) mass is 224 g/mol. The molecule has 0 spiro atoms. The van der Waals surface area contributed by atoms with Gasteiger partial charge in [0.15, 0.2) is 0 Å². The fourth-order valence-electron chi connectivity index (χ4n) is 1.26. The Kier molecular flexibility index (Phi) is 4.64. The zero-order valence-corrected chi connectivity index (χ0v) is 10.5. The molecule has 0 aromatic heterocycles. The summed E-state index contributed by atoms with van der Waals surface area (Å²) in [6.45, 7) is 6.66. The van der Waals surface area contributed by atoms with Crippen molar-refractivity contribution in [3.05, 3.63) is 35.9 Å². The maximum absolute atomic E-state index is 5.57. The van der Waals surface area contributed by atoms with Crippen LogP contribution >= 0.6 is 11.8 Å². The summed E-state index contributed by atoms with van der Waals surface area (Å²) in [7, 11) is 0. The minimum atomic E-state index is 0.232. The lowest BCUT2D eigenvalue weighted by atomic mass is 10.1. The van der Waals surface area contributed by atoms with E-state index in [-0.39, 0.29) is 10.8 Å². The van der Waals surface area contributed by atoms with Gasteiger partial charge in [0.2, 0.25) is 0 Å². The van der Waals surface area contributed by atoms with Gasteiger partial charge in [0.25, 0.3) is 0 Å². The average molecular weight is 224 g/mol. The van der Waals surface area contributed by atoms with Crippen molar-refractivity contribution in [3.8, 4) is 0 Å². The summed E-state index contributed by atoms with van der Waals surface area (Å²) in [5.41, 5.74) is 4.12. The molecule has 0 radical (unpaired) electrons. The van der Waals surface area contributed by atoms with Crippen LogP contribution in [0.2, 0.25) is 0 Å². The Labute approximate surface area is 96.6 Å². The van der Waals surface area contributed by atoms with E-state index in [1.165, 1.54) is 5.56 Å². The molecule has 0 fully saturated rings. The molecule has 1 atom stereocenters. The highest BCUT2D eigenvalue weighted by atomic mass is 32.2. The summed E-state index contributed by atoms with van der Waals surface area (Å²) >= 11 is 1.92. The van der Waals surface area contributed by atoms with Crippen LogP contribution in [0.3, 0.4) is 0 Å². The topological polar surface area (TPSA) is 38.0 Å². The number of rotatable bonds is 4. The van der Waals surface area contributed by atoms with Crippen LogP contribution in [0.15, 0.2) is 30.3 Å². The second kappa shape index (κ2) is 5.54. The average Bonchev–Trinajstić information content (AvgIpc) is 2.19. The van der Waals surface area contributed by atoms with Gasteiger partial charge in [-0.15, -0.1) is 0 Å². The molecule has 0 amide bonds. The van der Waals surface area contributed by atoms with Gasteiger partial charge in [0.1, 0.15) is 0 Å². The molecule has 1 rings (SSSR count). The summed E-state index contributed by atoms with van der Waals surface area (Å²) in [4.78, 5) is 0. The molecular weight excluding hydrogens is 204 g/mol. The highest BCUT2D eigenvalue weighted by Crippen LogP contribution is 2.27. The smallest absolute Gasteiger partial charge is 0.0550 e. The first-order valence-electron chi connectivity index (χ1n) is 5.18. The summed E-state index contributed by atoms with van der Waals surface area (Å²) in [6.07, 6.45) is 0. The highest BCUT2D eigenvalue weighted by Gasteiger charge is 2.15. The molecule has 1 unspecified atom stereocenters. The van der Waals surface area contributed by atoms with Crippen molar-refractivity contribution < 1.29 is 0 Å². The van der Waals surface area contributed by atoms with Gasteiger partial charge < -0.3 is 0 Å². The number of hydrazine groups is 1. The van der Waals surface area contributed by atoms with E-state index in [4.69, 9.17) is 5.84 Å². The van der Waals surface area contributed by atoms with E-state index in [2.05, 4.69) is 38.3 Å². The van der Waals surface area contributed by atoms with E-state index in [1.807, 2.05) is 30.0 Å². The number of hydrogen-bond donors (Lipinski definition) is 2. The molecule has 0 saturated heterocycles. The minimum Gasteiger partial charge on any atom is -0.271 e. The quantitative estimate of drug-likeness (QED) is 0.610. The molecule has 0 aliphatic carbocycles. The van der Waals surface area contributed by atoms with Gasteiger partial charge in [0.05, 0.1) is 6.04 Å². The molecule has 2 nitrogen and oxygen atoms in total. The molecule has 0 aliphatic heterocycles. The second-order valence-electron chi connectivity index (χ2n) is 4.55. The van der Waals surface area contributed by atoms with Crippen LogP contribution < -0.4 is 11.3 Å². The summed E-state index contributed by atoms with van der Waals surface area (Å²) in [6, 6.07) is 10.5. The van der Waals surface area contributed by atoms with Gasteiger partial charge in [-0.3, -0.25) is 11.3 Å². The zero-order valence-electron chi connectivity index (χ0n) is 9.66. The zero-order chi connectivity index (χ0) is 11.3. The van der Waals surface area contributed by atoms with Gasteiger partial charge in [-0.2, -0.15) is 11.8 Å². The molecule has 3 N–H and O–H groups in total. The molecule has 0 aliphatic rings. The van der Waals surface area contributed by atoms with Crippen LogP contribution in [0.5, 0.6) is 0 Å². The fraction of sp³-hybridized carbons (Fsp3) is 0.500. The summed E-state index contributed by atoms with van der Waals surface area (Å²) < 4.78 is 0.282. The van der Waals surface area contributed by atoms with Crippen LogP contribution in [0.1, 0.15) is 32.4 Å². The summed E-state index contributed by atoms with van der Waals surface area (Å²) in [5, 5.41) is 0. The molecule has 84 valence electrons. The van der Waals surface area contributed by atoms with E-state index < -0.39 is 0 Å². The molecule has 0 bridgehead atoms. The third-order valence-corrected chi connectivity index (χ3v) is 3.45. The summed E-state index contributed by atoms with van der Waals surface area (Å²) in [5.74, 6) is 6.56. The van der Waals surface area contributed by atoms with Gasteiger partial charge in [-0.25, -0.2) is 0 Å². The highest BCUT2D eigenvalue weighted by molar-refractivity contribution is 8.00. The fourth-order valence-corrected chi connectivity index (χ4v) is 2.21. The van der Waals surface area contributed by atoms with Gasteiger partial charge in [-0.1, -0.05) is 51.1 Å². The number of benzene rings is 1. The van der Waals surface area contributed by atoms with E-state index >= 15 is 0 Å². The third-order valence-electron chi connectivity index (χ3n) is 2.09. The third kappa shape index (κ3) is 4.69. The number of nitrogens with one attached hydrogen (secondary N) is 1. The SMILES string of the molecule is CC(C)(C)SCC(NN)c1ccccc1. The van der Waals surface area contributed by atoms with Crippen LogP contribution in [0.25, 0.3) is 0 Å². The molecule has 0 saturated carbocycles. The van der Waals surface area contributed by atoms with Crippen LogP contribution in [0, 0.1) is 0 Å². The van der Waals surface area contributed by atoms with Crippen molar-refractivity contribution in [1.82, 2.24) is 5.43 Å². The lowest BCUT2D eigenvalue weighted by Crippen LogP contribution is -2.30. The lowest BCUT2D eigenvalue weighted by molar-refractivity contribution is 0.607. The Morgan fingerprint density at radius 3 is 2.33 bits per heavy atom. The van der Waals surface area contributed by atoms with E-state index in [9.17, 15) is 0 Å². The second-order valence-corrected chi connectivity index (χ2v) is 6.40. The van der Waals surface area contributed by atoms with E-state index in [0.717, 1.165) is 5.75 Å². The Balaban J connectivity index is 2.58. The molecule has 1 aromatic carbocycles. The van der Waals surface area contributed by atoms with Crippen LogP contribution in [-0.4, -0.2) is 10.5 Å². The van der Waals surface area contributed by atoms with E-state index in [0.29, 0.717) is 0 Å². The molecule has 15 heavy (non-hydrogen) atoms. The molecular formula is C12H20N2S. The Bertz CT molecular complexity index is 279. The van der Waals surface area contributed by atoms with E-state index in [1.54, 1.807) is 0 Å². The van der Waals surface area contributed by atoms with Crippen molar-refractivity contribution in [3.63, 3.8) is 0 Å². The van der Waals surface area contributed by atoms with Crippen molar-refractivity contribution in [2.45, 2.75) is 31.6 Å². The van der Waals surface area contributed by atoms with Crippen molar-refractivity contribution in [2.75, 3.05) is 5.75 Å². The van der Waals surface area contributed by atoms with Crippen molar-refractivity contribution in [1.29, 1.82) is 0 Å². The molecule has 0 heterocycles. The van der Waals surface area contributed by atoms with Crippen LogP contribution in [-0.2, 0) is 0 Å². The standard InChI is InChI=1S/C12H20N2S/c1-12(2,3)15-9-11(14-13)10-7-5-4-6-8-10/h4-8,11,14H,9,13H2,1-3H3. The predicted molar refractivity (Wildman–Crippen MR) is 68.7 cm³/mol. The Morgan fingerprint density at radius 1 is 1.27 bits per heavy atom. The molecule has 1 aromatic rings. The number of nitrogens with two attached hydrogens (primary N) is 1. The van der Waals surface area contributed by atoms with Crippen molar-refractivity contribution in [2.24, 2.45) is 5.84 Å². The minimum absolute atomic E-state index is 0.232. The maximum atomic E-state index is 5.57. The number of thioether (sulfide) groups is 1. The first-order chi connectivity index (χ1) is 7.03. The normalized spacial score (nSPS) is 13.9. The van der Waals surface area contributed by atoms with Gasteiger partial charge >= 0.3 is 0 Å². The van der Waals surface area contributed by atoms with Gasteiger partial charge in [-0.05, 0) is 5.56 Å². The predicted octanol–water partition coefficient (Wildman–Crippen LogP) is 2.72. The number of hydrogen-bond acceptors (Lipinski definition) is 3. The molecule has 3 heteroatoms. The maximum Gasteiger partial charge on any atom is 0.0550 e. The van der Waals surface area contributed by atoms with Gasteiger partial charge in [0, 0.05) is 10.5 Å². The Hall–Kier alpha value is -0.510. The first-order valence-corrected chi connectivity index (χ1v) is 6.16. The van der Waals surface area contributed by atoms with Crippen LogP contribution in [0.4, 0.5) is 0 Å². The largest absolute Gasteiger partial charge is 0.271 e. The Morgan fingerprint density at radius 2 is 1.87 bits per heavy atom. The van der Waals surface area contributed by atoms with Crippen molar-refractivity contribution >= 4 is 11.8 Å². The lowest BCUT2D eigenvalue weighted by Gasteiger charge is -2.22.